The van der Waals surface area contributed by atoms with Gasteiger partial charge >= 0.3 is 0 Å². The average Bonchev–Trinajstić information content (AvgIpc) is 2.44. The van der Waals surface area contributed by atoms with Crippen LogP contribution >= 0.6 is 15.9 Å². The van der Waals surface area contributed by atoms with Crippen LogP contribution in [0.25, 0.3) is 0 Å². The Balaban J connectivity index is 2.90. The van der Waals surface area contributed by atoms with Gasteiger partial charge in [-0.3, -0.25) is 0 Å². The summed E-state index contributed by atoms with van der Waals surface area (Å²) in [4.78, 5) is 0. The van der Waals surface area contributed by atoms with E-state index >= 15 is 0 Å². The molecule has 0 aliphatic carbocycles. The highest BCUT2D eigenvalue weighted by Gasteiger charge is 2.13. The van der Waals surface area contributed by atoms with Gasteiger partial charge in [-0.1, -0.05) is 13.8 Å². The fraction of sp³-hybridized carbons (Fsp3) is 0.600. The molecule has 1 atom stereocenters. The third-order valence-electron chi connectivity index (χ3n) is 2.77. The zero-order chi connectivity index (χ0) is 15.0. The van der Waals surface area contributed by atoms with E-state index in [2.05, 4.69) is 28.2 Å². The van der Waals surface area contributed by atoms with Crippen LogP contribution in [-0.2, 0) is 6.54 Å². The smallest absolute Gasteiger partial charge is 0.175 e. The number of ether oxygens (including phenoxy) is 2. The Morgan fingerprint density at radius 3 is 2.65 bits per heavy atom. The first-order valence-electron chi connectivity index (χ1n) is 7.01. The fourth-order valence-electron chi connectivity index (χ4n) is 1.67. The van der Waals surface area contributed by atoms with E-state index in [4.69, 9.17) is 14.6 Å². The lowest BCUT2D eigenvalue weighted by molar-refractivity contribution is 0.169. The first-order chi connectivity index (χ1) is 9.62. The Morgan fingerprint density at radius 2 is 2.05 bits per heavy atom. The minimum atomic E-state index is 0.0952. The number of rotatable bonds is 9. The number of hydrogen-bond acceptors (Lipinski definition) is 4. The Bertz CT molecular complexity index is 412. The van der Waals surface area contributed by atoms with E-state index < -0.39 is 0 Å². The number of nitrogens with one attached hydrogen (secondary N) is 1. The van der Waals surface area contributed by atoms with E-state index in [0.717, 1.165) is 28.9 Å². The Morgan fingerprint density at radius 1 is 1.30 bits per heavy atom. The highest BCUT2D eigenvalue weighted by atomic mass is 79.9. The molecule has 1 aromatic rings. The maximum atomic E-state index is 9.06. The zero-order valence-corrected chi connectivity index (χ0v) is 14.0. The van der Waals surface area contributed by atoms with Crippen molar-refractivity contribution in [3.63, 3.8) is 0 Å². The van der Waals surface area contributed by atoms with Gasteiger partial charge in [-0.2, -0.15) is 0 Å². The van der Waals surface area contributed by atoms with E-state index in [-0.39, 0.29) is 12.5 Å². The predicted molar refractivity (Wildman–Crippen MR) is 84.4 cm³/mol. The summed E-state index contributed by atoms with van der Waals surface area (Å²) in [7, 11) is 0. The zero-order valence-electron chi connectivity index (χ0n) is 12.4. The molecule has 0 spiro atoms. The molecule has 1 aromatic carbocycles. The van der Waals surface area contributed by atoms with Crippen LogP contribution in [0.2, 0.25) is 0 Å². The molecule has 2 N–H and O–H groups in total. The summed E-state index contributed by atoms with van der Waals surface area (Å²) >= 11 is 3.54. The molecule has 0 fully saturated rings. The molecule has 20 heavy (non-hydrogen) atoms. The Labute approximate surface area is 129 Å². The standard InChI is InChI=1S/C15H24BrNO3/c1-4-17-8-12-6-13(16)15(14(7-12)19-5-2)20-10-11(3)9-18/h6-7,11,17-18H,4-5,8-10H2,1-3H3. The molecule has 0 radical (unpaired) electrons. The molecule has 0 aromatic heterocycles. The van der Waals surface area contributed by atoms with Crippen molar-refractivity contribution in [3.8, 4) is 11.5 Å². The minimum absolute atomic E-state index is 0.0952. The van der Waals surface area contributed by atoms with E-state index in [0.29, 0.717) is 19.0 Å². The third-order valence-corrected chi connectivity index (χ3v) is 3.36. The molecular weight excluding hydrogens is 322 g/mol. The van der Waals surface area contributed by atoms with Crippen molar-refractivity contribution < 1.29 is 14.6 Å². The first-order valence-corrected chi connectivity index (χ1v) is 7.81. The van der Waals surface area contributed by atoms with Crippen LogP contribution in [-0.4, -0.2) is 31.5 Å². The quantitative estimate of drug-likeness (QED) is 0.722. The van der Waals surface area contributed by atoms with Crippen molar-refractivity contribution in [2.24, 2.45) is 5.92 Å². The van der Waals surface area contributed by atoms with Gasteiger partial charge in [-0.05, 0) is 47.1 Å². The second-order valence-electron chi connectivity index (χ2n) is 4.72. The van der Waals surface area contributed by atoms with Crippen LogP contribution in [0.15, 0.2) is 16.6 Å². The SMILES string of the molecule is CCNCc1cc(Br)c(OCC(C)CO)c(OCC)c1. The van der Waals surface area contributed by atoms with Crippen molar-refractivity contribution in [3.05, 3.63) is 22.2 Å². The highest BCUT2D eigenvalue weighted by molar-refractivity contribution is 9.10. The molecule has 0 amide bonds. The summed E-state index contributed by atoms with van der Waals surface area (Å²) < 4.78 is 12.3. The molecule has 0 saturated heterocycles. The van der Waals surface area contributed by atoms with Gasteiger partial charge in [0.15, 0.2) is 11.5 Å². The number of aliphatic hydroxyl groups is 1. The van der Waals surface area contributed by atoms with E-state index in [1.165, 1.54) is 0 Å². The second-order valence-corrected chi connectivity index (χ2v) is 5.57. The first kappa shape index (κ1) is 17.3. The summed E-state index contributed by atoms with van der Waals surface area (Å²) in [5, 5.41) is 12.4. The Hall–Kier alpha value is -0.780. The second kappa shape index (κ2) is 9.21. The fourth-order valence-corrected chi connectivity index (χ4v) is 2.28. The third kappa shape index (κ3) is 5.31. The van der Waals surface area contributed by atoms with Gasteiger partial charge in [0.2, 0.25) is 0 Å². The van der Waals surface area contributed by atoms with Crippen LogP contribution in [0.3, 0.4) is 0 Å². The van der Waals surface area contributed by atoms with Crippen LogP contribution in [0.1, 0.15) is 26.3 Å². The average molecular weight is 346 g/mol. The van der Waals surface area contributed by atoms with E-state index in [1.807, 2.05) is 26.0 Å². The number of aliphatic hydroxyl groups excluding tert-OH is 1. The molecule has 0 saturated carbocycles. The van der Waals surface area contributed by atoms with Crippen LogP contribution in [0.5, 0.6) is 11.5 Å². The lowest BCUT2D eigenvalue weighted by Crippen LogP contribution is -2.14. The molecule has 0 bridgehead atoms. The molecule has 0 heterocycles. The number of halogens is 1. The molecule has 1 rings (SSSR count). The maximum absolute atomic E-state index is 9.06. The Kier molecular flexibility index (Phi) is 7.95. The van der Waals surface area contributed by atoms with Gasteiger partial charge in [0.1, 0.15) is 0 Å². The van der Waals surface area contributed by atoms with Crippen molar-refractivity contribution >= 4 is 15.9 Å². The molecule has 0 aliphatic heterocycles. The summed E-state index contributed by atoms with van der Waals surface area (Å²) in [5.41, 5.74) is 1.14. The summed E-state index contributed by atoms with van der Waals surface area (Å²) in [5.74, 6) is 1.53. The topological polar surface area (TPSA) is 50.7 Å². The molecule has 114 valence electrons. The van der Waals surface area contributed by atoms with Crippen molar-refractivity contribution in [1.82, 2.24) is 5.32 Å². The molecule has 4 nitrogen and oxygen atoms in total. The van der Waals surface area contributed by atoms with Gasteiger partial charge in [-0.15, -0.1) is 0 Å². The number of hydrogen-bond donors (Lipinski definition) is 2. The van der Waals surface area contributed by atoms with Gasteiger partial charge in [0, 0.05) is 19.1 Å². The molecule has 5 heteroatoms. The van der Waals surface area contributed by atoms with Crippen LogP contribution in [0.4, 0.5) is 0 Å². The summed E-state index contributed by atoms with van der Waals surface area (Å²) in [6.45, 7) is 8.84. The van der Waals surface area contributed by atoms with Gasteiger partial charge < -0.3 is 19.9 Å². The lowest BCUT2D eigenvalue weighted by Gasteiger charge is -2.17. The normalized spacial score (nSPS) is 12.2. The largest absolute Gasteiger partial charge is 0.490 e. The maximum Gasteiger partial charge on any atom is 0.175 e. The van der Waals surface area contributed by atoms with Crippen molar-refractivity contribution in [2.75, 3.05) is 26.4 Å². The summed E-state index contributed by atoms with van der Waals surface area (Å²) in [6.07, 6.45) is 0. The van der Waals surface area contributed by atoms with Gasteiger partial charge in [0.05, 0.1) is 17.7 Å². The summed E-state index contributed by atoms with van der Waals surface area (Å²) in [6, 6.07) is 4.03. The van der Waals surface area contributed by atoms with E-state index in [1.54, 1.807) is 0 Å². The number of benzene rings is 1. The van der Waals surface area contributed by atoms with Crippen LogP contribution in [0, 0.1) is 5.92 Å². The highest BCUT2D eigenvalue weighted by Crippen LogP contribution is 2.37. The van der Waals surface area contributed by atoms with E-state index in [9.17, 15) is 0 Å². The monoisotopic (exact) mass is 345 g/mol. The lowest BCUT2D eigenvalue weighted by atomic mass is 10.2. The van der Waals surface area contributed by atoms with Gasteiger partial charge in [-0.25, -0.2) is 0 Å². The molecule has 0 aliphatic rings. The molecule has 1 unspecified atom stereocenters. The van der Waals surface area contributed by atoms with Crippen LogP contribution < -0.4 is 14.8 Å². The van der Waals surface area contributed by atoms with Gasteiger partial charge in [0.25, 0.3) is 0 Å². The molecular formula is C15H24BrNO3. The van der Waals surface area contributed by atoms with Crippen molar-refractivity contribution in [1.29, 1.82) is 0 Å². The predicted octanol–water partition coefficient (Wildman–Crippen LogP) is 2.96. The minimum Gasteiger partial charge on any atom is -0.490 e. The van der Waals surface area contributed by atoms with Crippen molar-refractivity contribution in [2.45, 2.75) is 27.3 Å².